The molecule has 0 amide bonds. The SMILES string of the molecule is C=C/C=C\C=C\c1nc(-c2cc(-c3ccccc3)c(-n3c4ccc(-c5ccccc5)cc4c4cc(-c5ccccc5)ccc43)c(-c3ccccc3)c2)nc2c1oc1ccccc12. The molecule has 0 bridgehead atoms. The average Bonchev–Trinajstić information content (AvgIpc) is 3.88. The van der Waals surface area contributed by atoms with Gasteiger partial charge in [-0.1, -0.05) is 176 Å². The molecule has 3 heterocycles. The van der Waals surface area contributed by atoms with Crippen LogP contribution in [0, 0.1) is 0 Å². The summed E-state index contributed by atoms with van der Waals surface area (Å²) in [6.07, 6.45) is 9.53. The molecule has 4 nitrogen and oxygen atoms in total. The molecule has 0 aliphatic heterocycles. The molecule has 0 atom stereocenters. The number of rotatable bonds is 9. The highest BCUT2D eigenvalue weighted by molar-refractivity contribution is 6.13. The summed E-state index contributed by atoms with van der Waals surface area (Å²) in [7, 11) is 0. The maximum absolute atomic E-state index is 6.42. The lowest BCUT2D eigenvalue weighted by Crippen LogP contribution is -2.03. The van der Waals surface area contributed by atoms with Crippen LogP contribution in [0.5, 0.6) is 0 Å². The summed E-state index contributed by atoms with van der Waals surface area (Å²) in [5.41, 5.74) is 16.1. The standard InChI is InChI=1S/C58H39N3O/c1-2-3-4-17-29-51-57-55(46-28-18-19-30-54(46)62-57)60-58(59-51)45-37-47(41-24-13-7-14-25-41)56(48(38-45)42-26-15-8-16-27-42)61-52-33-31-43(39-20-9-5-10-21-39)35-49(52)50-36-44(32-34-53(50)61)40-22-11-6-12-23-40/h2-38H,1H2/b4-3-,29-17+. The van der Waals surface area contributed by atoms with Crippen LogP contribution in [-0.4, -0.2) is 14.5 Å². The largest absolute Gasteiger partial charge is 0.452 e. The molecule has 11 aromatic rings. The molecule has 0 saturated heterocycles. The zero-order valence-corrected chi connectivity index (χ0v) is 33.8. The first-order valence-corrected chi connectivity index (χ1v) is 20.9. The number of hydrogen-bond donors (Lipinski definition) is 0. The van der Waals surface area contributed by atoms with Gasteiger partial charge in [-0.25, -0.2) is 9.97 Å². The number of para-hydroxylation sites is 1. The van der Waals surface area contributed by atoms with E-state index >= 15 is 0 Å². The monoisotopic (exact) mass is 793 g/mol. The van der Waals surface area contributed by atoms with Gasteiger partial charge in [0.15, 0.2) is 11.4 Å². The van der Waals surface area contributed by atoms with Crippen LogP contribution < -0.4 is 0 Å². The minimum atomic E-state index is 0.611. The van der Waals surface area contributed by atoms with Crippen LogP contribution in [0.15, 0.2) is 229 Å². The number of fused-ring (bicyclic) bond motifs is 6. The Bertz CT molecular complexity index is 3350. The number of nitrogens with zero attached hydrogens (tertiary/aromatic N) is 3. The molecule has 8 aromatic carbocycles. The van der Waals surface area contributed by atoms with Gasteiger partial charge in [0.05, 0.1) is 16.7 Å². The molecule has 292 valence electrons. The van der Waals surface area contributed by atoms with E-state index in [1.54, 1.807) is 6.08 Å². The maximum Gasteiger partial charge on any atom is 0.179 e. The lowest BCUT2D eigenvalue weighted by molar-refractivity contribution is 0.664. The number of benzene rings is 8. The molecule has 0 fully saturated rings. The van der Waals surface area contributed by atoms with Crippen LogP contribution in [-0.2, 0) is 0 Å². The first-order chi connectivity index (χ1) is 30.7. The van der Waals surface area contributed by atoms with E-state index in [-0.39, 0.29) is 0 Å². The van der Waals surface area contributed by atoms with Gasteiger partial charge in [0.1, 0.15) is 16.8 Å². The van der Waals surface area contributed by atoms with E-state index in [9.17, 15) is 0 Å². The molecule has 0 spiro atoms. The molecular weight excluding hydrogens is 755 g/mol. The van der Waals surface area contributed by atoms with Crippen molar-refractivity contribution in [1.29, 1.82) is 0 Å². The first kappa shape index (κ1) is 36.7. The second-order valence-electron chi connectivity index (χ2n) is 15.4. The summed E-state index contributed by atoms with van der Waals surface area (Å²) < 4.78 is 8.89. The van der Waals surface area contributed by atoms with Crippen molar-refractivity contribution in [3.8, 4) is 61.6 Å². The molecule has 4 heteroatoms. The predicted octanol–water partition coefficient (Wildman–Crippen LogP) is 15.6. The fraction of sp³-hybridized carbons (Fsp3) is 0. The summed E-state index contributed by atoms with van der Waals surface area (Å²) in [6.45, 7) is 3.83. The van der Waals surface area contributed by atoms with E-state index in [0.29, 0.717) is 17.1 Å². The topological polar surface area (TPSA) is 43.9 Å². The summed E-state index contributed by atoms with van der Waals surface area (Å²) in [5.74, 6) is 0.611. The van der Waals surface area contributed by atoms with Gasteiger partial charge >= 0.3 is 0 Å². The Morgan fingerprint density at radius 2 is 0.952 bits per heavy atom. The summed E-state index contributed by atoms with van der Waals surface area (Å²) in [5, 5.41) is 3.31. The van der Waals surface area contributed by atoms with Gasteiger partial charge in [-0.15, -0.1) is 0 Å². The summed E-state index contributed by atoms with van der Waals surface area (Å²) in [4.78, 5) is 10.5. The van der Waals surface area contributed by atoms with E-state index in [0.717, 1.165) is 61.0 Å². The third-order valence-corrected chi connectivity index (χ3v) is 11.6. The Morgan fingerprint density at radius 1 is 0.435 bits per heavy atom. The van der Waals surface area contributed by atoms with Crippen LogP contribution in [0.2, 0.25) is 0 Å². The number of furan rings is 1. The van der Waals surface area contributed by atoms with Crippen molar-refractivity contribution >= 4 is 50.0 Å². The van der Waals surface area contributed by atoms with Crippen molar-refractivity contribution in [2.24, 2.45) is 0 Å². The lowest BCUT2D eigenvalue weighted by atomic mass is 9.92. The molecule has 3 aromatic heterocycles. The average molecular weight is 794 g/mol. The van der Waals surface area contributed by atoms with Crippen LogP contribution in [0.1, 0.15) is 5.69 Å². The molecule has 0 radical (unpaired) electrons. The van der Waals surface area contributed by atoms with E-state index in [1.807, 2.05) is 42.5 Å². The molecule has 0 saturated carbocycles. The van der Waals surface area contributed by atoms with E-state index in [2.05, 4.69) is 187 Å². The summed E-state index contributed by atoms with van der Waals surface area (Å²) in [6, 6.07) is 69.0. The lowest BCUT2D eigenvalue weighted by Gasteiger charge is -2.21. The highest BCUT2D eigenvalue weighted by Crippen LogP contribution is 2.45. The van der Waals surface area contributed by atoms with Crippen molar-refractivity contribution in [1.82, 2.24) is 14.5 Å². The van der Waals surface area contributed by atoms with Crippen molar-refractivity contribution in [3.05, 3.63) is 231 Å². The molecule has 0 aliphatic carbocycles. The Hall–Kier alpha value is -8.34. The molecule has 0 aliphatic rings. The van der Waals surface area contributed by atoms with Crippen LogP contribution in [0.25, 0.3) is 112 Å². The van der Waals surface area contributed by atoms with Gasteiger partial charge in [-0.3, -0.25) is 0 Å². The molecule has 0 unspecified atom stereocenters. The van der Waals surface area contributed by atoms with E-state index in [4.69, 9.17) is 14.4 Å². The second kappa shape index (κ2) is 15.7. The fourth-order valence-corrected chi connectivity index (χ4v) is 8.71. The van der Waals surface area contributed by atoms with Gasteiger partial charge in [-0.2, -0.15) is 0 Å². The minimum Gasteiger partial charge on any atom is -0.452 e. The number of hydrogen-bond acceptors (Lipinski definition) is 3. The predicted molar refractivity (Wildman–Crippen MR) is 259 cm³/mol. The molecular formula is C58H39N3O. The Kier molecular flexibility index (Phi) is 9.29. The van der Waals surface area contributed by atoms with Crippen molar-refractivity contribution in [2.75, 3.05) is 0 Å². The first-order valence-electron chi connectivity index (χ1n) is 20.9. The zero-order chi connectivity index (χ0) is 41.4. The smallest absolute Gasteiger partial charge is 0.179 e. The van der Waals surface area contributed by atoms with Crippen molar-refractivity contribution in [3.63, 3.8) is 0 Å². The number of allylic oxidation sites excluding steroid dienone is 4. The maximum atomic E-state index is 6.42. The number of aromatic nitrogens is 3. The molecule has 62 heavy (non-hydrogen) atoms. The molecule has 0 N–H and O–H groups in total. The van der Waals surface area contributed by atoms with Crippen LogP contribution >= 0.6 is 0 Å². The van der Waals surface area contributed by atoms with Crippen LogP contribution in [0.4, 0.5) is 0 Å². The van der Waals surface area contributed by atoms with E-state index < -0.39 is 0 Å². The van der Waals surface area contributed by atoms with Gasteiger partial charge in [0, 0.05) is 32.8 Å². The normalized spacial score (nSPS) is 11.8. The van der Waals surface area contributed by atoms with Crippen molar-refractivity contribution in [2.45, 2.75) is 0 Å². The zero-order valence-electron chi connectivity index (χ0n) is 33.8. The van der Waals surface area contributed by atoms with Gasteiger partial charge in [0.25, 0.3) is 0 Å². The Labute approximate surface area is 359 Å². The highest BCUT2D eigenvalue weighted by Gasteiger charge is 2.24. The third-order valence-electron chi connectivity index (χ3n) is 11.6. The Balaban J connectivity index is 1.24. The van der Waals surface area contributed by atoms with Crippen LogP contribution in [0.3, 0.4) is 0 Å². The van der Waals surface area contributed by atoms with Gasteiger partial charge in [0.2, 0.25) is 0 Å². The third kappa shape index (κ3) is 6.51. The van der Waals surface area contributed by atoms with Gasteiger partial charge in [-0.05, 0) is 88.0 Å². The Morgan fingerprint density at radius 3 is 1.50 bits per heavy atom. The second-order valence-corrected chi connectivity index (χ2v) is 15.4. The minimum absolute atomic E-state index is 0.611. The van der Waals surface area contributed by atoms with Crippen molar-refractivity contribution < 1.29 is 4.42 Å². The fourth-order valence-electron chi connectivity index (χ4n) is 8.71. The van der Waals surface area contributed by atoms with Gasteiger partial charge < -0.3 is 8.98 Å². The van der Waals surface area contributed by atoms with E-state index in [1.165, 1.54) is 33.0 Å². The quantitative estimate of drug-likeness (QED) is 0.137. The highest BCUT2D eigenvalue weighted by atomic mass is 16.3. The molecule has 11 rings (SSSR count). The summed E-state index contributed by atoms with van der Waals surface area (Å²) >= 11 is 0.